The van der Waals surface area contributed by atoms with Crippen LogP contribution in [-0.4, -0.2) is 9.97 Å². The van der Waals surface area contributed by atoms with Gasteiger partial charge in [0.15, 0.2) is 0 Å². The Morgan fingerprint density at radius 1 is 0.600 bits per heavy atom. The van der Waals surface area contributed by atoms with E-state index in [1.54, 1.807) is 17.3 Å². The summed E-state index contributed by atoms with van der Waals surface area (Å²) in [6, 6.07) is 30.6. The first-order valence-corrected chi connectivity index (χ1v) is 14.9. The Morgan fingerprint density at radius 3 is 1.77 bits per heavy atom. The zero-order valence-electron chi connectivity index (χ0n) is 25.8. The Hall–Kier alpha value is -2.87. The van der Waals surface area contributed by atoms with Crippen LogP contribution in [0, 0.1) is 12.1 Å². The minimum atomic E-state index is 0. The first-order valence-electron chi connectivity index (χ1n) is 14.9. The molecule has 0 saturated carbocycles. The summed E-state index contributed by atoms with van der Waals surface area (Å²) in [6.45, 7) is 16.0. The van der Waals surface area contributed by atoms with Gasteiger partial charge in [0.25, 0.3) is 0 Å². The zero-order chi connectivity index (χ0) is 28.9. The van der Waals surface area contributed by atoms with E-state index in [4.69, 9.17) is 0 Å². The van der Waals surface area contributed by atoms with E-state index in [0.29, 0.717) is 0 Å². The van der Waals surface area contributed by atoms with Crippen molar-refractivity contribution in [2.75, 3.05) is 0 Å². The predicted molar refractivity (Wildman–Crippen MR) is 172 cm³/mol. The topological polar surface area (TPSA) is 25.8 Å². The zero-order valence-corrected chi connectivity index (χ0v) is 28.2. The molecule has 3 heteroatoms. The Bertz CT molecular complexity index is 1150. The van der Waals surface area contributed by atoms with Crippen LogP contribution in [0.25, 0.3) is 28.1 Å². The maximum Gasteiger partial charge on any atom is 0.0160 e. The molecule has 0 bridgehead atoms. The summed E-state index contributed by atoms with van der Waals surface area (Å²) in [6.07, 6.45) is 10.0. The van der Waals surface area contributed by atoms with Gasteiger partial charge in [0.2, 0.25) is 0 Å². The minimum Gasteiger partial charge on any atom is -0.305 e. The van der Waals surface area contributed by atoms with Crippen molar-refractivity contribution in [1.29, 1.82) is 0 Å². The van der Waals surface area contributed by atoms with E-state index in [0.717, 1.165) is 23.4 Å². The van der Waals surface area contributed by atoms with Crippen molar-refractivity contribution in [2.45, 2.75) is 87.5 Å². The van der Waals surface area contributed by atoms with Crippen LogP contribution in [-0.2, 0) is 26.5 Å². The number of benzene rings is 2. The first kappa shape index (κ1) is 37.1. The van der Waals surface area contributed by atoms with Gasteiger partial charge in [-0.25, -0.2) is 0 Å². The molecule has 2 aromatic carbocycles. The van der Waals surface area contributed by atoms with E-state index in [9.17, 15) is 0 Å². The molecule has 2 heterocycles. The first-order chi connectivity index (χ1) is 19.4. The molecule has 0 fully saturated rings. The molecule has 6 rings (SSSR count). The van der Waals surface area contributed by atoms with Gasteiger partial charge in [-0.05, 0) is 55.6 Å². The third-order valence-electron chi connectivity index (χ3n) is 5.97. The Balaban J connectivity index is 0.000000631. The minimum absolute atomic E-state index is 0. The number of rotatable bonds is 2. The number of aromatic nitrogens is 2. The Kier molecular flexibility index (Phi) is 21.3. The van der Waals surface area contributed by atoms with Gasteiger partial charge in [-0.1, -0.05) is 90.8 Å². The fraction of sp³-hybridized carbons (Fsp3) is 0.351. The van der Waals surface area contributed by atoms with Crippen LogP contribution < -0.4 is 0 Å². The maximum absolute atomic E-state index is 4.49. The van der Waals surface area contributed by atoms with Crippen molar-refractivity contribution in [3.63, 3.8) is 0 Å². The molecule has 4 aromatic rings. The van der Waals surface area contributed by atoms with Gasteiger partial charge in [-0.15, -0.1) is 70.8 Å². The van der Waals surface area contributed by atoms with E-state index >= 15 is 0 Å². The molecule has 2 aliphatic carbocycles. The van der Waals surface area contributed by atoms with Crippen molar-refractivity contribution >= 4 is 5.57 Å². The van der Waals surface area contributed by atoms with Crippen LogP contribution in [0.2, 0.25) is 0 Å². The fourth-order valence-electron chi connectivity index (χ4n) is 4.51. The van der Waals surface area contributed by atoms with E-state index in [-0.39, 0.29) is 20.1 Å². The van der Waals surface area contributed by atoms with Gasteiger partial charge in [0, 0.05) is 32.5 Å². The average Bonchev–Trinajstić information content (AvgIpc) is 3.45. The molecule has 0 saturated heterocycles. The van der Waals surface area contributed by atoms with E-state index in [2.05, 4.69) is 46.4 Å². The van der Waals surface area contributed by atoms with Crippen LogP contribution in [0.1, 0.15) is 92.2 Å². The van der Waals surface area contributed by atoms with E-state index in [1.165, 1.54) is 42.4 Å². The second-order valence-electron chi connectivity index (χ2n) is 7.92. The third-order valence-corrected chi connectivity index (χ3v) is 5.97. The van der Waals surface area contributed by atoms with Crippen molar-refractivity contribution in [3.8, 4) is 22.5 Å². The van der Waals surface area contributed by atoms with Gasteiger partial charge in [-0.2, -0.15) is 0 Å². The third kappa shape index (κ3) is 10.6. The second-order valence-corrected chi connectivity index (χ2v) is 7.92. The second kappa shape index (κ2) is 22.9. The number of nitrogens with zero attached hydrogens (tertiary/aromatic N) is 2. The van der Waals surface area contributed by atoms with Crippen molar-refractivity contribution in [3.05, 3.63) is 114 Å². The molecule has 0 N–H and O–H groups in total. The summed E-state index contributed by atoms with van der Waals surface area (Å²) in [7, 11) is 0. The molecule has 40 heavy (non-hydrogen) atoms. The van der Waals surface area contributed by atoms with Crippen molar-refractivity contribution in [1.82, 2.24) is 9.97 Å². The maximum atomic E-state index is 4.49. The Labute approximate surface area is 258 Å². The van der Waals surface area contributed by atoms with Crippen molar-refractivity contribution < 1.29 is 20.1 Å². The summed E-state index contributed by atoms with van der Waals surface area (Å²) < 4.78 is 0. The normalized spacial score (nSPS) is 11.7. The molecule has 0 spiro atoms. The number of hydrogen-bond donors (Lipinski definition) is 0. The van der Waals surface area contributed by atoms with Gasteiger partial charge in [0.1, 0.15) is 0 Å². The fourth-order valence-corrected chi connectivity index (χ4v) is 4.51. The van der Waals surface area contributed by atoms with Crippen LogP contribution in [0.4, 0.5) is 0 Å². The summed E-state index contributed by atoms with van der Waals surface area (Å²) in [5.74, 6) is 0. The van der Waals surface area contributed by atoms with Crippen molar-refractivity contribution in [2.24, 2.45) is 0 Å². The molecule has 0 atom stereocenters. The molecule has 0 aliphatic heterocycles. The molecule has 2 aromatic heterocycles. The van der Waals surface area contributed by atoms with Gasteiger partial charge < -0.3 is 9.97 Å². The average molecular weight is 713 g/mol. The van der Waals surface area contributed by atoms with E-state index in [1.807, 2.05) is 110 Å². The van der Waals surface area contributed by atoms with E-state index < -0.39 is 0 Å². The van der Waals surface area contributed by atoms with Crippen LogP contribution in [0.3, 0.4) is 0 Å². The Morgan fingerprint density at radius 2 is 1.20 bits per heavy atom. The SMILES string of the molecule is CC.CC.CC.CC.[Ir].[c-]1ccc2c(c1-c1ccccn1)CC1=C2CCCC1.[c-]1ccccc1-c1ccccn1. The molecule has 2 aliphatic rings. The summed E-state index contributed by atoms with van der Waals surface area (Å²) >= 11 is 0. The van der Waals surface area contributed by atoms with Gasteiger partial charge in [0.05, 0.1) is 0 Å². The molecular formula is C37H48IrN2-2. The molecule has 217 valence electrons. The largest absolute Gasteiger partial charge is 0.305 e. The molecule has 0 unspecified atom stereocenters. The predicted octanol–water partition coefficient (Wildman–Crippen LogP) is 11.1. The molecule has 2 nitrogen and oxygen atoms in total. The summed E-state index contributed by atoms with van der Waals surface area (Å²) in [4.78, 5) is 8.71. The summed E-state index contributed by atoms with van der Waals surface area (Å²) in [5, 5.41) is 0. The quantitative estimate of drug-likeness (QED) is 0.193. The van der Waals surface area contributed by atoms with Gasteiger partial charge in [-0.3, -0.25) is 0 Å². The molecule has 0 amide bonds. The summed E-state index contributed by atoms with van der Waals surface area (Å²) in [5.41, 5.74) is 10.5. The number of allylic oxidation sites excluding steroid dienone is 2. The molecule has 1 radical (unpaired) electrons. The number of hydrogen-bond acceptors (Lipinski definition) is 2. The smallest absolute Gasteiger partial charge is 0.0160 e. The monoisotopic (exact) mass is 713 g/mol. The van der Waals surface area contributed by atoms with Crippen LogP contribution in [0.15, 0.2) is 90.8 Å². The number of fused-ring (bicyclic) bond motifs is 2. The standard InChI is InChI=1S/C18H16N.C11H8N.4C2H6.Ir/c1-2-7-14-13(6-1)12-17-15(14)8-5-9-16(17)18-10-3-4-11-19-18;1-2-6-10(7-3-1)11-8-4-5-9-12-11;4*1-2;/h3-5,8,10-11H,1-2,6-7,12H2;1-6,8-9H;4*1-2H3;/q2*-1;;;;;. The van der Waals surface area contributed by atoms with Crippen LogP contribution >= 0.6 is 0 Å². The van der Waals surface area contributed by atoms with Gasteiger partial charge >= 0.3 is 0 Å². The molecular weight excluding hydrogens is 665 g/mol. The number of pyridine rings is 2. The van der Waals surface area contributed by atoms with Crippen LogP contribution in [0.5, 0.6) is 0 Å².